The summed E-state index contributed by atoms with van der Waals surface area (Å²) < 4.78 is 25.6. The van der Waals surface area contributed by atoms with Gasteiger partial charge in [0.05, 0.1) is 17.6 Å². The maximum atomic E-state index is 13.6. The van der Waals surface area contributed by atoms with Crippen LogP contribution < -0.4 is 0 Å². The van der Waals surface area contributed by atoms with Crippen LogP contribution in [0.3, 0.4) is 0 Å². The van der Waals surface area contributed by atoms with Crippen LogP contribution in [0.15, 0.2) is 23.8 Å². The number of nitriles is 1. The number of carbonyl (C=O) groups excluding carboxylic acids is 1. The van der Waals surface area contributed by atoms with Gasteiger partial charge >= 0.3 is 0 Å². The first-order valence-electron chi connectivity index (χ1n) is 11.1. The van der Waals surface area contributed by atoms with Crippen LogP contribution in [-0.4, -0.2) is 48.3 Å². The first kappa shape index (κ1) is 21.2. The molecular formula is C25H27N3O3S. The molecule has 2 aliphatic carbocycles. The normalized spacial score (nSPS) is 21.2. The summed E-state index contributed by atoms with van der Waals surface area (Å²) in [6, 6.07) is 8.35. The Balaban J connectivity index is 1.55. The van der Waals surface area contributed by atoms with Gasteiger partial charge in [0.15, 0.2) is 15.6 Å². The molecule has 3 aliphatic rings. The van der Waals surface area contributed by atoms with Gasteiger partial charge in [-0.2, -0.15) is 5.26 Å². The minimum atomic E-state index is -2.91. The summed E-state index contributed by atoms with van der Waals surface area (Å²) in [6.45, 7) is 6.09. The Morgan fingerprint density at radius 2 is 1.88 bits per heavy atom. The smallest absolute Gasteiger partial charge is 0.195 e. The highest BCUT2D eigenvalue weighted by molar-refractivity contribution is 7.91. The molecule has 2 aromatic rings. The maximum Gasteiger partial charge on any atom is 0.195 e. The Kier molecular flexibility index (Phi) is 4.74. The van der Waals surface area contributed by atoms with E-state index >= 15 is 0 Å². The summed E-state index contributed by atoms with van der Waals surface area (Å²) >= 11 is 0. The molecule has 0 N–H and O–H groups in total. The molecule has 6 nitrogen and oxygen atoms in total. The zero-order valence-electron chi connectivity index (χ0n) is 18.7. The molecule has 1 aliphatic heterocycles. The summed E-state index contributed by atoms with van der Waals surface area (Å²) in [7, 11) is -0.915. The number of benzene rings is 1. The van der Waals surface area contributed by atoms with E-state index in [0.29, 0.717) is 32.5 Å². The maximum absolute atomic E-state index is 13.6. The van der Waals surface area contributed by atoms with Crippen molar-refractivity contribution in [3.05, 3.63) is 63.0 Å². The van der Waals surface area contributed by atoms with Crippen LogP contribution in [0, 0.1) is 11.3 Å². The van der Waals surface area contributed by atoms with Gasteiger partial charge in [-0.15, -0.1) is 0 Å². The van der Waals surface area contributed by atoms with E-state index < -0.39 is 9.84 Å². The van der Waals surface area contributed by atoms with E-state index in [1.807, 2.05) is 25.3 Å². The summed E-state index contributed by atoms with van der Waals surface area (Å²) in [5, 5.41) is 9.37. The third-order valence-electron chi connectivity index (χ3n) is 7.31. The minimum absolute atomic E-state index is 0.0654. The number of ketones is 1. The number of nitrogens with zero attached hydrogens (tertiary/aromatic N) is 3. The van der Waals surface area contributed by atoms with Gasteiger partial charge in [0, 0.05) is 60.2 Å². The largest absolute Gasteiger partial charge is 0.346 e. The Bertz CT molecular complexity index is 1330. The second kappa shape index (κ2) is 7.16. The predicted octanol–water partition coefficient (Wildman–Crippen LogP) is 2.98. The lowest BCUT2D eigenvalue weighted by Gasteiger charge is -2.34. The molecule has 0 saturated carbocycles. The average Bonchev–Trinajstić information content (AvgIpc) is 3.07. The lowest BCUT2D eigenvalue weighted by atomic mass is 9.70. The average molecular weight is 450 g/mol. The van der Waals surface area contributed by atoms with Crippen LogP contribution in [0.25, 0.3) is 6.08 Å². The molecule has 1 aromatic carbocycles. The molecule has 166 valence electrons. The van der Waals surface area contributed by atoms with Crippen molar-refractivity contribution in [1.82, 2.24) is 9.47 Å². The molecule has 1 saturated heterocycles. The molecule has 1 fully saturated rings. The van der Waals surface area contributed by atoms with Gasteiger partial charge in [0.2, 0.25) is 0 Å². The van der Waals surface area contributed by atoms with Crippen LogP contribution in [0.2, 0.25) is 0 Å². The van der Waals surface area contributed by atoms with Gasteiger partial charge in [0.1, 0.15) is 0 Å². The number of fused-ring (bicyclic) bond motifs is 4. The summed E-state index contributed by atoms with van der Waals surface area (Å²) in [5.74, 6) is 0.479. The van der Waals surface area contributed by atoms with Crippen molar-refractivity contribution in [2.45, 2.75) is 38.6 Å². The van der Waals surface area contributed by atoms with Gasteiger partial charge in [-0.05, 0) is 35.6 Å². The fourth-order valence-electron chi connectivity index (χ4n) is 5.59. The van der Waals surface area contributed by atoms with Crippen molar-refractivity contribution in [2.24, 2.45) is 7.05 Å². The molecule has 1 aromatic heterocycles. The highest BCUT2D eigenvalue weighted by atomic mass is 32.2. The van der Waals surface area contributed by atoms with Crippen molar-refractivity contribution in [3.8, 4) is 6.07 Å². The fraction of sp³-hybridized carbons (Fsp3) is 0.440. The lowest BCUT2D eigenvalue weighted by Crippen LogP contribution is -2.39. The first-order chi connectivity index (χ1) is 15.1. The fourth-order valence-corrected chi connectivity index (χ4v) is 6.87. The van der Waals surface area contributed by atoms with Gasteiger partial charge in [-0.3, -0.25) is 9.69 Å². The van der Waals surface area contributed by atoms with Crippen LogP contribution in [0.5, 0.6) is 0 Å². The number of allylic oxidation sites excluding steroid dienone is 1. The zero-order chi connectivity index (χ0) is 22.8. The third-order valence-corrected chi connectivity index (χ3v) is 8.92. The van der Waals surface area contributed by atoms with Crippen molar-refractivity contribution in [2.75, 3.05) is 24.6 Å². The van der Waals surface area contributed by atoms with Gasteiger partial charge < -0.3 is 4.57 Å². The molecular weight excluding hydrogens is 422 g/mol. The van der Waals surface area contributed by atoms with E-state index in [4.69, 9.17) is 0 Å². The number of hydrogen-bond donors (Lipinski definition) is 0. The van der Waals surface area contributed by atoms with Crippen LogP contribution >= 0.6 is 0 Å². The first-order valence-corrected chi connectivity index (χ1v) is 12.9. The quantitative estimate of drug-likeness (QED) is 0.704. The van der Waals surface area contributed by atoms with Gasteiger partial charge in [0.25, 0.3) is 0 Å². The van der Waals surface area contributed by atoms with Crippen molar-refractivity contribution < 1.29 is 13.2 Å². The molecule has 7 heteroatoms. The molecule has 0 radical (unpaired) electrons. The molecule has 0 amide bonds. The standard InChI is InChI=1S/C25H27N3O3S/c1-25(2)20-12-17(15-28-8-10-32(30,31)11-9-28)5-6-18(20)23(29)22-19-7-4-16(14-26)13-21(19)27(3)24(22)25/h5-6,12-13H,4,7-11,15H2,1-3H3. The molecule has 5 rings (SSSR count). The second-order valence-electron chi connectivity index (χ2n) is 9.69. The van der Waals surface area contributed by atoms with E-state index in [2.05, 4.69) is 35.5 Å². The number of hydrogen-bond acceptors (Lipinski definition) is 5. The summed E-state index contributed by atoms with van der Waals surface area (Å²) in [4.78, 5) is 15.8. The molecule has 2 heterocycles. The minimum Gasteiger partial charge on any atom is -0.346 e. The highest BCUT2D eigenvalue weighted by Crippen LogP contribution is 2.46. The van der Waals surface area contributed by atoms with E-state index in [1.54, 1.807) is 0 Å². The van der Waals surface area contributed by atoms with Crippen LogP contribution in [0.4, 0.5) is 0 Å². The summed E-state index contributed by atoms with van der Waals surface area (Å²) in [5.41, 5.74) is 7.09. The Hall–Kier alpha value is -2.69. The molecule has 0 bridgehead atoms. The topological polar surface area (TPSA) is 83.2 Å². The van der Waals surface area contributed by atoms with Crippen LogP contribution in [-0.2, 0) is 35.3 Å². The van der Waals surface area contributed by atoms with Crippen molar-refractivity contribution >= 4 is 21.7 Å². The third kappa shape index (κ3) is 3.16. The van der Waals surface area contributed by atoms with E-state index in [0.717, 1.165) is 44.8 Å². The zero-order valence-corrected chi connectivity index (χ0v) is 19.6. The second-order valence-corrected chi connectivity index (χ2v) is 12.0. The number of carbonyl (C=O) groups is 1. The SMILES string of the molecule is Cn1c2c(c3c1C(C)(C)c1cc(CN4CCS(=O)(=O)CC4)ccc1C3=O)CCC(C#N)=C2. The molecule has 0 atom stereocenters. The Morgan fingerprint density at radius 3 is 2.56 bits per heavy atom. The lowest BCUT2D eigenvalue weighted by molar-refractivity contribution is 0.102. The van der Waals surface area contributed by atoms with E-state index in [-0.39, 0.29) is 22.7 Å². The van der Waals surface area contributed by atoms with E-state index in [1.165, 1.54) is 0 Å². The van der Waals surface area contributed by atoms with E-state index in [9.17, 15) is 18.5 Å². The number of aromatic nitrogens is 1. The summed E-state index contributed by atoms with van der Waals surface area (Å²) in [6.07, 6.45) is 3.32. The molecule has 32 heavy (non-hydrogen) atoms. The van der Waals surface area contributed by atoms with Crippen molar-refractivity contribution in [1.29, 1.82) is 5.26 Å². The highest BCUT2D eigenvalue weighted by Gasteiger charge is 2.42. The predicted molar refractivity (Wildman–Crippen MR) is 123 cm³/mol. The number of sulfone groups is 1. The Labute approximate surface area is 189 Å². The van der Waals surface area contributed by atoms with Crippen LogP contribution in [0.1, 0.15) is 64.3 Å². The molecule has 0 unspecified atom stereocenters. The van der Waals surface area contributed by atoms with Crippen molar-refractivity contribution in [3.63, 3.8) is 0 Å². The Morgan fingerprint density at radius 1 is 1.16 bits per heavy atom. The molecule has 0 spiro atoms. The number of rotatable bonds is 2. The van der Waals surface area contributed by atoms with Gasteiger partial charge in [-0.1, -0.05) is 32.0 Å². The van der Waals surface area contributed by atoms with Gasteiger partial charge in [-0.25, -0.2) is 8.42 Å². The monoisotopic (exact) mass is 449 g/mol.